The zero-order chi connectivity index (χ0) is 36.3. The summed E-state index contributed by atoms with van der Waals surface area (Å²) in [6.07, 6.45) is -25.4. The minimum Gasteiger partial charge on any atom is -0.379 e. The Hall–Kier alpha value is -1.37. The van der Waals surface area contributed by atoms with Crippen molar-refractivity contribution >= 4 is 0 Å². The van der Waals surface area contributed by atoms with Crippen LogP contribution in [0.1, 0.15) is 32.6 Å². The molecule has 0 N–H and O–H groups in total. The summed E-state index contributed by atoms with van der Waals surface area (Å²) in [5, 5.41) is 0. The number of ether oxygens (including phenoxy) is 5. The summed E-state index contributed by atoms with van der Waals surface area (Å²) < 4.78 is 194. The Balaban J connectivity index is 0.000000536. The first-order valence-electron chi connectivity index (χ1n) is 16.2. The average molecular weight is 802 g/mol. The molecule has 0 aliphatic carbocycles. The maximum absolute atomic E-state index is 15.3. The summed E-state index contributed by atoms with van der Waals surface area (Å²) in [5.74, 6) is 0. The summed E-state index contributed by atoms with van der Waals surface area (Å²) in [7, 11) is 0. The van der Waals surface area contributed by atoms with Gasteiger partial charge in [0.15, 0.2) is 24.6 Å². The van der Waals surface area contributed by atoms with Gasteiger partial charge < -0.3 is 23.7 Å². The van der Waals surface area contributed by atoms with Gasteiger partial charge in [0, 0.05) is 45.9 Å². The van der Waals surface area contributed by atoms with E-state index in [1.165, 1.54) is 4.90 Å². The van der Waals surface area contributed by atoms with Gasteiger partial charge in [0.05, 0.1) is 45.7 Å². The van der Waals surface area contributed by atoms with Crippen LogP contribution in [0.4, 0.5) is 66.8 Å². The Morgan fingerprint density at radius 2 is 0.827 bits per heavy atom. The smallest absolute Gasteiger partial charge is 0.379 e. The maximum atomic E-state index is 15.3. The Bertz CT molecular complexity index is 1030. The predicted octanol–water partition coefficient (Wildman–Crippen LogP) is 5.31. The molecule has 5 aliphatic rings. The number of morpholine rings is 3. The van der Waals surface area contributed by atoms with Crippen molar-refractivity contribution in [3.05, 3.63) is 0 Å². The molecule has 0 amide bonds. The Morgan fingerprint density at radius 3 is 1.17 bits per heavy atom. The van der Waals surface area contributed by atoms with Gasteiger partial charge >= 0.3 is 12.4 Å². The molecule has 5 fully saturated rings. The van der Waals surface area contributed by atoms with Crippen molar-refractivity contribution < 1.29 is 90.5 Å². The third kappa shape index (κ3) is 10.1. The number of alkyl halides is 12. The average Bonchev–Trinajstić information content (AvgIpc) is 3.81. The van der Waals surface area contributed by atoms with Crippen LogP contribution >= 0.6 is 0 Å². The zero-order valence-corrected chi connectivity index (χ0v) is 28.1. The lowest BCUT2D eigenvalue weighted by atomic mass is 9.91. The first-order chi connectivity index (χ1) is 22.9. The van der Waals surface area contributed by atoms with Crippen molar-refractivity contribution in [3.63, 3.8) is 0 Å². The molecule has 5 rings (SSSR count). The van der Waals surface area contributed by atoms with E-state index in [0.29, 0.717) is 11.3 Å². The van der Waals surface area contributed by atoms with E-state index in [1.807, 2.05) is 0 Å². The standard InChI is InChI=1S/C18H27F7N2O3.C11H16F5NO2.3FH/c1-16(21,14(19)26-4-8-28-9-5-26)12-2-3-13(30-12)17(22,18(23,24)25)15(20)27-6-10-29-11-7-27;12-9(17-3-6-18-7-4-17)10(13,11(14,15)16)8-2-1-5-19-8;;;/h12-15H,2-11H2,1H3;8-9H,1-7H2;3*1H. The normalized spacial score (nSPS) is 30.8. The van der Waals surface area contributed by atoms with Gasteiger partial charge in [-0.3, -0.25) is 28.8 Å². The van der Waals surface area contributed by atoms with Crippen molar-refractivity contribution in [3.8, 4) is 0 Å². The van der Waals surface area contributed by atoms with Crippen LogP contribution in [0.3, 0.4) is 0 Å². The predicted molar refractivity (Wildman–Crippen MR) is 156 cm³/mol. The monoisotopic (exact) mass is 801 g/mol. The van der Waals surface area contributed by atoms with Gasteiger partial charge in [0.25, 0.3) is 11.3 Å². The van der Waals surface area contributed by atoms with Crippen LogP contribution in [-0.2, 0) is 23.7 Å². The summed E-state index contributed by atoms with van der Waals surface area (Å²) in [6.45, 7) is 1.07. The number of nitrogens with zero attached hydrogens (tertiary/aromatic N) is 3. The van der Waals surface area contributed by atoms with Crippen LogP contribution in [0.5, 0.6) is 0 Å². The van der Waals surface area contributed by atoms with Gasteiger partial charge in [-0.05, 0) is 32.6 Å². The van der Waals surface area contributed by atoms with E-state index in [4.69, 9.17) is 23.7 Å². The summed E-state index contributed by atoms with van der Waals surface area (Å²) in [6, 6.07) is 0. The molecule has 9 atom stereocenters. The molecule has 8 nitrogen and oxygen atoms in total. The highest BCUT2D eigenvalue weighted by Crippen LogP contribution is 2.49. The summed E-state index contributed by atoms with van der Waals surface area (Å²) in [5.41, 5.74) is -11.1. The molecule has 0 saturated carbocycles. The van der Waals surface area contributed by atoms with Crippen molar-refractivity contribution in [2.24, 2.45) is 0 Å². The quantitative estimate of drug-likeness (QED) is 0.230. The lowest BCUT2D eigenvalue weighted by Gasteiger charge is -2.42. The second-order valence-corrected chi connectivity index (χ2v) is 12.8. The fourth-order valence-electron chi connectivity index (χ4n) is 6.67. The highest BCUT2D eigenvalue weighted by molar-refractivity contribution is 5.06. The molecule has 9 unspecified atom stereocenters. The second-order valence-electron chi connectivity index (χ2n) is 12.8. The molecule has 0 aromatic heterocycles. The first-order valence-corrected chi connectivity index (χ1v) is 16.2. The minimum atomic E-state index is -5.60. The van der Waals surface area contributed by atoms with E-state index in [2.05, 4.69) is 0 Å². The SMILES string of the molecule is CC(F)(C1CCC(C(F)(C(F)N2CCOCC2)C(F)(F)F)O1)C(F)N1CCOCC1.F.F.F.FC(N1CCOCC1)C(F)(C1CCCO1)C(F)(F)F. The van der Waals surface area contributed by atoms with E-state index in [0.717, 1.165) is 11.8 Å². The van der Waals surface area contributed by atoms with Crippen LogP contribution in [0.15, 0.2) is 0 Å². The Kier molecular flexibility index (Phi) is 18.2. The van der Waals surface area contributed by atoms with Crippen LogP contribution in [-0.4, -0.2) is 167 Å². The fraction of sp³-hybridized carbons (Fsp3) is 1.00. The van der Waals surface area contributed by atoms with Crippen LogP contribution in [0.2, 0.25) is 0 Å². The van der Waals surface area contributed by atoms with Crippen LogP contribution in [0, 0.1) is 0 Å². The molecule has 0 bridgehead atoms. The van der Waals surface area contributed by atoms with Crippen molar-refractivity contribution in [1.29, 1.82) is 0 Å². The highest BCUT2D eigenvalue weighted by Gasteiger charge is 2.71. The molecular weight excluding hydrogens is 755 g/mol. The molecule has 0 aromatic carbocycles. The lowest BCUT2D eigenvalue weighted by molar-refractivity contribution is -0.306. The number of hydrogen-bond acceptors (Lipinski definition) is 8. The molecule has 5 saturated heterocycles. The van der Waals surface area contributed by atoms with Gasteiger partial charge in [0.2, 0.25) is 0 Å². The second kappa shape index (κ2) is 19.5. The van der Waals surface area contributed by atoms with Gasteiger partial charge in [-0.2, -0.15) is 26.3 Å². The van der Waals surface area contributed by atoms with Gasteiger partial charge in [-0.15, -0.1) is 0 Å². The van der Waals surface area contributed by atoms with Gasteiger partial charge in [-0.1, -0.05) is 0 Å². The zero-order valence-electron chi connectivity index (χ0n) is 28.1. The van der Waals surface area contributed by atoms with E-state index < -0.39 is 73.0 Å². The minimum absolute atomic E-state index is 0. The van der Waals surface area contributed by atoms with E-state index in [1.54, 1.807) is 0 Å². The molecule has 0 radical (unpaired) electrons. The Morgan fingerprint density at radius 1 is 0.481 bits per heavy atom. The van der Waals surface area contributed by atoms with Crippen LogP contribution in [0.25, 0.3) is 0 Å². The van der Waals surface area contributed by atoms with Gasteiger partial charge in [-0.25, -0.2) is 26.3 Å². The van der Waals surface area contributed by atoms with Gasteiger partial charge in [0.1, 0.15) is 12.2 Å². The van der Waals surface area contributed by atoms with E-state index in [-0.39, 0.29) is 112 Å². The molecule has 312 valence electrons. The largest absolute Gasteiger partial charge is 0.429 e. The molecule has 5 heterocycles. The molecular formula is C29H46F15N3O5. The summed E-state index contributed by atoms with van der Waals surface area (Å²) >= 11 is 0. The molecule has 5 aliphatic heterocycles. The number of halogens is 15. The lowest BCUT2D eigenvalue weighted by Crippen LogP contribution is -2.64. The van der Waals surface area contributed by atoms with E-state index >= 15 is 8.78 Å². The molecule has 0 aromatic rings. The molecule has 23 heteroatoms. The summed E-state index contributed by atoms with van der Waals surface area (Å²) in [4.78, 5) is 2.70. The Labute approximate surface area is 290 Å². The van der Waals surface area contributed by atoms with Crippen molar-refractivity contribution in [2.75, 3.05) is 85.5 Å². The molecule has 52 heavy (non-hydrogen) atoms. The van der Waals surface area contributed by atoms with Crippen LogP contribution < -0.4 is 0 Å². The fourth-order valence-corrected chi connectivity index (χ4v) is 6.67. The number of rotatable bonds is 9. The third-order valence-electron chi connectivity index (χ3n) is 9.64. The van der Waals surface area contributed by atoms with Crippen molar-refractivity contribution in [2.45, 2.75) is 99.2 Å². The topological polar surface area (TPSA) is 55.9 Å². The molecule has 0 spiro atoms. The third-order valence-corrected chi connectivity index (χ3v) is 9.64. The first kappa shape index (κ1) is 48.6. The van der Waals surface area contributed by atoms with E-state index in [9.17, 15) is 43.9 Å². The maximum Gasteiger partial charge on any atom is 0.429 e. The number of hydrogen-bond donors (Lipinski definition) is 0. The van der Waals surface area contributed by atoms with Crippen molar-refractivity contribution in [1.82, 2.24) is 14.7 Å². The highest BCUT2D eigenvalue weighted by atomic mass is 19.4.